The van der Waals surface area contributed by atoms with Gasteiger partial charge in [0.2, 0.25) is 0 Å². The van der Waals surface area contributed by atoms with E-state index in [0.717, 1.165) is 25.7 Å². The van der Waals surface area contributed by atoms with E-state index in [-0.39, 0.29) is 23.1 Å². The Hall–Kier alpha value is -1.36. The number of halogens is 1. The van der Waals surface area contributed by atoms with Gasteiger partial charge in [-0.2, -0.15) is 0 Å². The molecule has 0 aromatic heterocycles. The highest BCUT2D eigenvalue weighted by atomic mass is 32.1. The standard InChI is InChI=1S/C24H37FN2O5S/c1-5-7-13-28-15-18(29-14-8-6-2)20-19(21-22(30-20)32-24(3,4)31-21)27-23(33)26-17-12-10-9-11-16(17)25/h9-12,18-22H,5-8,13-15H2,1-4H3,(H2,26,27,33)/t18-,19+,20-,21-,22-/m1/s1. The molecular weight excluding hydrogens is 447 g/mol. The molecule has 2 N–H and O–H groups in total. The van der Waals surface area contributed by atoms with E-state index in [1.165, 1.54) is 6.07 Å². The molecule has 0 saturated carbocycles. The first kappa shape index (κ1) is 26.2. The van der Waals surface area contributed by atoms with Crippen LogP contribution in [0.2, 0.25) is 0 Å². The number of rotatable bonds is 12. The lowest BCUT2D eigenvalue weighted by Gasteiger charge is -2.32. The number of ether oxygens (including phenoxy) is 5. The lowest BCUT2D eigenvalue weighted by molar-refractivity contribution is -0.222. The molecule has 0 bridgehead atoms. The van der Waals surface area contributed by atoms with Crippen LogP contribution >= 0.6 is 12.2 Å². The number of unbranched alkanes of at least 4 members (excludes halogenated alkanes) is 2. The quantitative estimate of drug-likeness (QED) is 0.335. The van der Waals surface area contributed by atoms with E-state index in [0.29, 0.717) is 25.5 Å². The molecule has 0 radical (unpaired) electrons. The number of thiocarbonyl (C=S) groups is 1. The van der Waals surface area contributed by atoms with Crippen molar-refractivity contribution in [2.24, 2.45) is 0 Å². The van der Waals surface area contributed by atoms with Crippen LogP contribution in [-0.2, 0) is 23.7 Å². The predicted molar refractivity (Wildman–Crippen MR) is 129 cm³/mol. The first-order chi connectivity index (χ1) is 15.8. The molecule has 2 heterocycles. The molecule has 0 amide bonds. The fraction of sp³-hybridized carbons (Fsp3) is 0.708. The number of para-hydroxylation sites is 1. The molecule has 0 spiro atoms. The van der Waals surface area contributed by atoms with Gasteiger partial charge in [-0.1, -0.05) is 38.8 Å². The molecule has 9 heteroatoms. The van der Waals surface area contributed by atoms with Crippen molar-refractivity contribution in [2.75, 3.05) is 25.1 Å². The molecule has 2 saturated heterocycles. The summed E-state index contributed by atoms with van der Waals surface area (Å²) in [5.41, 5.74) is 0.296. The Bertz CT molecular complexity index is 768. The number of hydrogen-bond acceptors (Lipinski definition) is 6. The summed E-state index contributed by atoms with van der Waals surface area (Å²) in [6, 6.07) is 6.01. The molecule has 2 fully saturated rings. The highest BCUT2D eigenvalue weighted by molar-refractivity contribution is 7.80. The fourth-order valence-electron chi connectivity index (χ4n) is 3.95. The highest BCUT2D eigenvalue weighted by Crippen LogP contribution is 2.39. The Kier molecular flexibility index (Phi) is 9.84. The summed E-state index contributed by atoms with van der Waals surface area (Å²) < 4.78 is 44.6. The summed E-state index contributed by atoms with van der Waals surface area (Å²) in [5, 5.41) is 6.48. The maximum atomic E-state index is 14.1. The van der Waals surface area contributed by atoms with E-state index in [9.17, 15) is 4.39 Å². The minimum absolute atomic E-state index is 0.270. The summed E-state index contributed by atoms with van der Waals surface area (Å²) in [7, 11) is 0. The lowest BCUT2D eigenvalue weighted by atomic mass is 10.0. The summed E-state index contributed by atoms with van der Waals surface area (Å²) in [4.78, 5) is 0. The van der Waals surface area contributed by atoms with Crippen molar-refractivity contribution in [3.8, 4) is 0 Å². The van der Waals surface area contributed by atoms with Crippen molar-refractivity contribution in [3.05, 3.63) is 30.1 Å². The third-order valence-corrected chi connectivity index (χ3v) is 5.85. The first-order valence-electron chi connectivity index (χ1n) is 11.9. The van der Waals surface area contributed by atoms with Crippen LogP contribution < -0.4 is 10.6 Å². The zero-order valence-electron chi connectivity index (χ0n) is 20.0. The minimum Gasteiger partial charge on any atom is -0.379 e. The normalized spacial score (nSPS) is 26.7. The van der Waals surface area contributed by atoms with E-state index in [2.05, 4.69) is 24.5 Å². The average Bonchev–Trinajstić information content (AvgIpc) is 3.24. The van der Waals surface area contributed by atoms with Crippen LogP contribution in [0.15, 0.2) is 24.3 Å². The average molecular weight is 485 g/mol. The van der Waals surface area contributed by atoms with Crippen LogP contribution in [0.3, 0.4) is 0 Å². The molecule has 33 heavy (non-hydrogen) atoms. The summed E-state index contributed by atoms with van der Waals surface area (Å²) in [5.74, 6) is -1.16. The molecule has 2 aliphatic heterocycles. The molecule has 1 aromatic rings. The predicted octanol–water partition coefficient (Wildman–Crippen LogP) is 4.36. The number of hydrogen-bond donors (Lipinski definition) is 2. The van der Waals surface area contributed by atoms with Crippen molar-refractivity contribution in [3.63, 3.8) is 0 Å². The van der Waals surface area contributed by atoms with Gasteiger partial charge >= 0.3 is 0 Å². The highest BCUT2D eigenvalue weighted by Gasteiger charge is 2.57. The zero-order chi connectivity index (χ0) is 23.8. The van der Waals surface area contributed by atoms with Crippen molar-refractivity contribution >= 4 is 23.0 Å². The fourth-order valence-corrected chi connectivity index (χ4v) is 4.20. The van der Waals surface area contributed by atoms with Gasteiger partial charge in [0.15, 0.2) is 17.2 Å². The van der Waals surface area contributed by atoms with E-state index in [1.807, 2.05) is 13.8 Å². The van der Waals surface area contributed by atoms with Gasteiger partial charge in [-0.15, -0.1) is 0 Å². The summed E-state index contributed by atoms with van der Waals surface area (Å²) in [6.45, 7) is 9.59. The molecule has 5 atom stereocenters. The van der Waals surface area contributed by atoms with E-state index < -0.39 is 24.3 Å². The second-order valence-electron chi connectivity index (χ2n) is 8.86. The molecule has 7 nitrogen and oxygen atoms in total. The molecule has 2 aliphatic rings. The SMILES string of the molecule is CCCCOC[C@@H](OCCCC)[C@H]1O[C@@H]2OC(C)(C)O[C@@H]2[C@H]1NC(=S)Nc1ccccc1F. The van der Waals surface area contributed by atoms with Gasteiger partial charge in [0.1, 0.15) is 24.1 Å². The smallest absolute Gasteiger partial charge is 0.189 e. The van der Waals surface area contributed by atoms with Gasteiger partial charge in [-0.05, 0) is 51.0 Å². The number of nitrogens with one attached hydrogen (secondary N) is 2. The molecule has 1 aromatic carbocycles. The Morgan fingerprint density at radius 1 is 1.15 bits per heavy atom. The largest absolute Gasteiger partial charge is 0.379 e. The van der Waals surface area contributed by atoms with Crippen LogP contribution in [-0.4, -0.2) is 61.4 Å². The van der Waals surface area contributed by atoms with Gasteiger partial charge in [0, 0.05) is 13.2 Å². The Morgan fingerprint density at radius 3 is 2.61 bits per heavy atom. The molecule has 3 rings (SSSR count). The van der Waals surface area contributed by atoms with Crippen molar-refractivity contribution in [2.45, 2.75) is 89.8 Å². The van der Waals surface area contributed by atoms with Crippen molar-refractivity contribution in [1.82, 2.24) is 5.32 Å². The van der Waals surface area contributed by atoms with Gasteiger partial charge in [-0.3, -0.25) is 0 Å². The second kappa shape index (κ2) is 12.4. The topological polar surface area (TPSA) is 70.2 Å². The van der Waals surface area contributed by atoms with E-state index >= 15 is 0 Å². The van der Waals surface area contributed by atoms with Crippen LogP contribution in [0.1, 0.15) is 53.4 Å². The van der Waals surface area contributed by atoms with E-state index in [1.54, 1.807) is 18.2 Å². The molecule has 0 unspecified atom stereocenters. The summed E-state index contributed by atoms with van der Waals surface area (Å²) in [6.07, 6.45) is 2.29. The number of benzene rings is 1. The Morgan fingerprint density at radius 2 is 1.88 bits per heavy atom. The lowest BCUT2D eigenvalue weighted by Crippen LogP contribution is -2.54. The maximum Gasteiger partial charge on any atom is 0.189 e. The number of fused-ring (bicyclic) bond motifs is 1. The van der Waals surface area contributed by atoms with Crippen LogP contribution in [0.25, 0.3) is 0 Å². The first-order valence-corrected chi connectivity index (χ1v) is 12.3. The van der Waals surface area contributed by atoms with Crippen molar-refractivity contribution < 1.29 is 28.1 Å². The molecule has 186 valence electrons. The van der Waals surface area contributed by atoms with E-state index in [4.69, 9.17) is 35.9 Å². The Balaban J connectivity index is 1.73. The minimum atomic E-state index is -0.781. The van der Waals surface area contributed by atoms with Crippen molar-refractivity contribution in [1.29, 1.82) is 0 Å². The number of anilines is 1. The maximum absolute atomic E-state index is 14.1. The van der Waals surface area contributed by atoms with Crippen LogP contribution in [0, 0.1) is 5.82 Å². The Labute approximate surface area is 201 Å². The molecular formula is C24H37FN2O5S. The third kappa shape index (κ3) is 7.31. The monoisotopic (exact) mass is 484 g/mol. The van der Waals surface area contributed by atoms with Crippen LogP contribution in [0.4, 0.5) is 10.1 Å². The van der Waals surface area contributed by atoms with Gasteiger partial charge in [0.05, 0.1) is 18.3 Å². The third-order valence-electron chi connectivity index (χ3n) is 5.63. The van der Waals surface area contributed by atoms with Gasteiger partial charge in [-0.25, -0.2) is 4.39 Å². The summed E-state index contributed by atoms with van der Waals surface area (Å²) >= 11 is 5.50. The van der Waals surface area contributed by atoms with Gasteiger partial charge in [0.25, 0.3) is 0 Å². The van der Waals surface area contributed by atoms with Gasteiger partial charge < -0.3 is 34.3 Å². The second-order valence-corrected chi connectivity index (χ2v) is 9.27. The van der Waals surface area contributed by atoms with Crippen LogP contribution in [0.5, 0.6) is 0 Å². The zero-order valence-corrected chi connectivity index (χ0v) is 20.8. The molecule has 0 aliphatic carbocycles.